The van der Waals surface area contributed by atoms with Gasteiger partial charge in [-0.15, -0.1) is 0 Å². The highest BCUT2D eigenvalue weighted by molar-refractivity contribution is 6.07. The third kappa shape index (κ3) is 5.47. The molecule has 1 saturated carbocycles. The predicted octanol–water partition coefficient (Wildman–Crippen LogP) is 7.65. The van der Waals surface area contributed by atoms with E-state index in [-0.39, 0.29) is 59.0 Å². The second kappa shape index (κ2) is 12.3. The topological polar surface area (TPSA) is 101 Å². The normalized spacial score (nSPS) is 25.1. The molecule has 51 heavy (non-hydrogen) atoms. The monoisotopic (exact) mass is 691 g/mol. The van der Waals surface area contributed by atoms with E-state index in [9.17, 15) is 14.9 Å². The van der Waals surface area contributed by atoms with Crippen molar-refractivity contribution >= 4 is 27.9 Å². The number of hydrogen-bond donors (Lipinski definition) is 0. The molecule has 0 radical (unpaired) electrons. The number of likely N-dealkylation sites (tertiary alicyclic amines) is 1. The minimum Gasteiger partial charge on any atom is -0.472 e. The summed E-state index contributed by atoms with van der Waals surface area (Å²) in [5, 5.41) is 11.0. The summed E-state index contributed by atoms with van der Waals surface area (Å²) < 4.78 is 31.9. The van der Waals surface area contributed by atoms with Gasteiger partial charge in [0.05, 0.1) is 29.6 Å². The first-order valence-electron chi connectivity index (χ1n) is 18.4. The van der Waals surface area contributed by atoms with Crippen molar-refractivity contribution in [3.05, 3.63) is 69.3 Å². The molecule has 2 aromatic carbocycles. The third-order valence-corrected chi connectivity index (χ3v) is 11.8. The Morgan fingerprint density at radius 3 is 2.71 bits per heavy atom. The average Bonchev–Trinajstić information content (AvgIpc) is 3.81. The summed E-state index contributed by atoms with van der Waals surface area (Å²) in [6, 6.07) is 11.7. The number of nitrogens with zero attached hydrogens (tertiary/aromatic N) is 5. The van der Waals surface area contributed by atoms with Gasteiger partial charge in [0.25, 0.3) is 0 Å². The van der Waals surface area contributed by atoms with Gasteiger partial charge in [-0.2, -0.15) is 5.26 Å². The zero-order valence-electron chi connectivity index (χ0n) is 30.3. The largest absolute Gasteiger partial charge is 0.472 e. The molecule has 2 aliphatic carbocycles. The van der Waals surface area contributed by atoms with Crippen LogP contribution in [0, 0.1) is 30.0 Å². The summed E-state index contributed by atoms with van der Waals surface area (Å²) in [7, 11) is 2.07. The van der Waals surface area contributed by atoms with Crippen molar-refractivity contribution < 1.29 is 18.7 Å². The van der Waals surface area contributed by atoms with E-state index < -0.39 is 11.4 Å². The minimum atomic E-state index is -0.625. The molecule has 10 heteroatoms. The van der Waals surface area contributed by atoms with Crippen LogP contribution >= 0.6 is 0 Å². The molecule has 2 bridgehead atoms. The molecule has 0 spiro atoms. The van der Waals surface area contributed by atoms with E-state index in [4.69, 9.17) is 14.5 Å². The molecule has 2 aromatic heterocycles. The minimum absolute atomic E-state index is 0.124. The van der Waals surface area contributed by atoms with Gasteiger partial charge in [-0.3, -0.25) is 9.69 Å². The Kier molecular flexibility index (Phi) is 8.13. The van der Waals surface area contributed by atoms with Crippen LogP contribution in [0.3, 0.4) is 0 Å². The number of amides is 1. The maximum atomic E-state index is 17.5. The number of ether oxygens (including phenoxy) is 2. The Balaban J connectivity index is 1.35. The Morgan fingerprint density at radius 2 is 1.98 bits per heavy atom. The fraction of sp³-hybridized carbons (Fsp3) is 0.512. The van der Waals surface area contributed by atoms with Crippen molar-refractivity contribution in [2.75, 3.05) is 20.1 Å². The molecule has 1 unspecified atom stereocenters. The van der Waals surface area contributed by atoms with Gasteiger partial charge in [0, 0.05) is 41.7 Å². The van der Waals surface area contributed by atoms with E-state index in [0.29, 0.717) is 34.0 Å². The molecule has 266 valence electrons. The molecule has 3 saturated heterocycles. The van der Waals surface area contributed by atoms with Gasteiger partial charge in [-0.1, -0.05) is 18.2 Å². The molecular formula is C41H46FN5O4. The number of aryl methyl sites for hydroxylation is 2. The van der Waals surface area contributed by atoms with E-state index >= 15 is 4.39 Å². The fourth-order valence-electron chi connectivity index (χ4n) is 9.46. The number of rotatable bonds is 5. The summed E-state index contributed by atoms with van der Waals surface area (Å²) in [6.45, 7) is 11.0. The van der Waals surface area contributed by atoms with Gasteiger partial charge in [0.15, 0.2) is 11.2 Å². The van der Waals surface area contributed by atoms with Crippen LogP contribution in [0.2, 0.25) is 0 Å². The smallest absolute Gasteiger partial charge is 0.410 e. The van der Waals surface area contributed by atoms with E-state index in [1.807, 2.05) is 58.9 Å². The predicted molar refractivity (Wildman–Crippen MR) is 195 cm³/mol. The second-order valence-electron chi connectivity index (χ2n) is 16.2. The van der Waals surface area contributed by atoms with E-state index in [0.717, 1.165) is 61.8 Å². The number of pyridine rings is 2. The number of likely N-dealkylation sites (N-methyl/N-ethyl adjacent to an activating group) is 1. The Bertz CT molecular complexity index is 2180. The molecule has 5 aliphatic rings. The molecule has 6 atom stereocenters. The molecule has 9 nitrogen and oxygen atoms in total. The van der Waals surface area contributed by atoms with Gasteiger partial charge in [-0.05, 0) is 115 Å². The van der Waals surface area contributed by atoms with Crippen molar-refractivity contribution in [3.8, 4) is 23.1 Å². The first-order valence-corrected chi connectivity index (χ1v) is 18.4. The summed E-state index contributed by atoms with van der Waals surface area (Å²) >= 11 is 0. The van der Waals surface area contributed by atoms with Crippen LogP contribution < -0.4 is 10.2 Å². The average molecular weight is 692 g/mol. The highest BCUT2D eigenvalue weighted by atomic mass is 19.1. The standard InChI is InChI=1S/C41H46FN5O4/c1-22-18-28-36(35(42)32(22)27-13-8-11-24-10-7-12-25(20-43)33(24)27)44-39(50-23(2)29-14-9-16-45(29)6)34-31(48)15-17-46(38(28)34)37-26-19-30(37)47(21-26)40(49)51-41(3,4)5/h8,11,13,15,17-18,23,25-26,29-30,37H,7,9-10,12,14,16,19,21H2,1-6H3/t23-,25?,26+,29-,30+,37-/m0/s1. The van der Waals surface area contributed by atoms with Crippen LogP contribution in [0.5, 0.6) is 5.88 Å². The number of carbonyl (C=O) groups is 1. The molecule has 3 aliphatic heterocycles. The van der Waals surface area contributed by atoms with Crippen LogP contribution in [0.1, 0.15) is 88.4 Å². The highest BCUT2D eigenvalue weighted by Gasteiger charge is 2.55. The molecule has 0 N–H and O–H groups in total. The van der Waals surface area contributed by atoms with Crippen LogP contribution in [-0.4, -0.2) is 69.4 Å². The molecule has 9 rings (SSSR count). The van der Waals surface area contributed by atoms with Crippen LogP contribution in [0.25, 0.3) is 32.9 Å². The summed E-state index contributed by atoms with van der Waals surface area (Å²) in [5.41, 5.74) is 3.64. The number of hydrogen-bond acceptors (Lipinski definition) is 7. The quantitative estimate of drug-likeness (QED) is 0.198. The van der Waals surface area contributed by atoms with Crippen molar-refractivity contribution in [3.63, 3.8) is 0 Å². The number of aromatic nitrogens is 2. The number of carbonyl (C=O) groups excluding carboxylic acids is 1. The van der Waals surface area contributed by atoms with Crippen molar-refractivity contribution in [1.82, 2.24) is 19.4 Å². The van der Waals surface area contributed by atoms with Crippen molar-refractivity contribution in [2.24, 2.45) is 5.92 Å². The van der Waals surface area contributed by atoms with Crippen LogP contribution in [0.4, 0.5) is 9.18 Å². The van der Waals surface area contributed by atoms with Crippen LogP contribution in [0.15, 0.2) is 41.3 Å². The van der Waals surface area contributed by atoms with Crippen LogP contribution in [-0.2, 0) is 11.2 Å². The van der Waals surface area contributed by atoms with Crippen molar-refractivity contribution in [2.45, 2.75) is 109 Å². The Hall–Kier alpha value is -4.49. The van der Waals surface area contributed by atoms with E-state index in [1.165, 1.54) is 0 Å². The van der Waals surface area contributed by atoms with Gasteiger partial charge < -0.3 is 18.9 Å². The lowest BCUT2D eigenvalue weighted by Gasteiger charge is -2.39. The second-order valence-corrected chi connectivity index (χ2v) is 16.2. The first kappa shape index (κ1) is 33.6. The van der Waals surface area contributed by atoms with E-state index in [2.05, 4.69) is 22.6 Å². The van der Waals surface area contributed by atoms with Gasteiger partial charge >= 0.3 is 6.09 Å². The highest BCUT2D eigenvalue weighted by Crippen LogP contribution is 2.52. The SMILES string of the molecule is Cc1cc2c(nc(O[C@@H](C)[C@@H]3CCCN3C)c3c(=O)ccn([C@H]4[C@@H]5C[C@H]4N(C(=O)OC(C)(C)C)C5)c32)c(F)c1-c1cccc2c1C(C#N)CCC2. The maximum Gasteiger partial charge on any atom is 0.410 e. The summed E-state index contributed by atoms with van der Waals surface area (Å²) in [4.78, 5) is 36.2. The number of nitriles is 1. The first-order chi connectivity index (χ1) is 24.4. The molecule has 1 amide bonds. The van der Waals surface area contributed by atoms with Gasteiger partial charge in [0.2, 0.25) is 5.88 Å². The van der Waals surface area contributed by atoms with Gasteiger partial charge in [-0.25, -0.2) is 14.2 Å². The molecule has 5 heterocycles. The molecule has 4 aromatic rings. The lowest BCUT2D eigenvalue weighted by atomic mass is 9.78. The zero-order chi connectivity index (χ0) is 35.9. The van der Waals surface area contributed by atoms with Gasteiger partial charge in [0.1, 0.15) is 22.6 Å². The molecule has 4 fully saturated rings. The maximum absolute atomic E-state index is 17.5. The lowest BCUT2D eigenvalue weighted by Crippen LogP contribution is -2.44. The van der Waals surface area contributed by atoms with E-state index in [1.54, 1.807) is 17.2 Å². The summed E-state index contributed by atoms with van der Waals surface area (Å²) in [6.07, 6.45) is 6.48. The number of halogens is 1. The number of benzene rings is 2. The molecular weight excluding hydrogens is 645 g/mol. The van der Waals surface area contributed by atoms with Crippen molar-refractivity contribution in [1.29, 1.82) is 5.26 Å². The lowest BCUT2D eigenvalue weighted by molar-refractivity contribution is 0.0210. The zero-order valence-corrected chi connectivity index (χ0v) is 30.3. The number of fused-ring (bicyclic) bond motifs is 5. The summed E-state index contributed by atoms with van der Waals surface area (Å²) in [5.74, 6) is -0.540. The fourth-order valence-corrected chi connectivity index (χ4v) is 9.46. The Morgan fingerprint density at radius 1 is 1.18 bits per heavy atom. The third-order valence-electron chi connectivity index (χ3n) is 11.8. The Labute approximate surface area is 297 Å².